The van der Waals surface area contributed by atoms with Gasteiger partial charge in [0.25, 0.3) is 0 Å². The van der Waals surface area contributed by atoms with Crippen molar-refractivity contribution in [3.8, 4) is 0 Å². The molecule has 0 spiro atoms. The van der Waals surface area contributed by atoms with Gasteiger partial charge in [0, 0.05) is 12.8 Å². The van der Waals surface area contributed by atoms with Gasteiger partial charge in [-0.15, -0.1) is 0 Å². The molecule has 2 unspecified atom stereocenters. The maximum Gasteiger partial charge on any atom is 0.248 e. The molecule has 2 nitrogen and oxygen atoms in total. The quantitative estimate of drug-likeness (QED) is 0.636. The smallest absolute Gasteiger partial charge is 0.248 e. The highest BCUT2D eigenvalue weighted by Crippen LogP contribution is 2.40. The Bertz CT molecular complexity index is 138. The van der Waals surface area contributed by atoms with Crippen molar-refractivity contribution in [3.63, 3.8) is 0 Å². The van der Waals surface area contributed by atoms with E-state index in [0.717, 1.165) is 0 Å². The summed E-state index contributed by atoms with van der Waals surface area (Å²) < 4.78 is 25.0. The van der Waals surface area contributed by atoms with Gasteiger partial charge in [-0.3, -0.25) is 0 Å². The van der Waals surface area contributed by atoms with Gasteiger partial charge in [-0.05, 0) is 12.3 Å². The van der Waals surface area contributed by atoms with Gasteiger partial charge < -0.3 is 10.2 Å². The zero-order chi connectivity index (χ0) is 8.48. The molecule has 11 heavy (non-hydrogen) atoms. The van der Waals surface area contributed by atoms with Gasteiger partial charge in [0.2, 0.25) is 5.92 Å². The topological polar surface area (TPSA) is 40.5 Å². The van der Waals surface area contributed by atoms with E-state index >= 15 is 0 Å². The van der Waals surface area contributed by atoms with Crippen molar-refractivity contribution in [1.82, 2.24) is 0 Å². The molecule has 1 fully saturated rings. The zero-order valence-electron chi connectivity index (χ0n) is 6.13. The summed E-state index contributed by atoms with van der Waals surface area (Å²) in [5.74, 6) is -3.05. The van der Waals surface area contributed by atoms with E-state index in [-0.39, 0.29) is 12.8 Å². The predicted molar refractivity (Wildman–Crippen MR) is 35.4 cm³/mol. The first-order valence-corrected chi connectivity index (χ1v) is 3.72. The van der Waals surface area contributed by atoms with Gasteiger partial charge in [0.15, 0.2) is 0 Å². The Morgan fingerprint density at radius 2 is 2.18 bits per heavy atom. The maximum absolute atomic E-state index is 12.5. The zero-order valence-corrected chi connectivity index (χ0v) is 6.13. The van der Waals surface area contributed by atoms with Crippen LogP contribution in [-0.2, 0) is 0 Å². The summed E-state index contributed by atoms with van der Waals surface area (Å²) in [5, 5.41) is 17.5. The Kier molecular flexibility index (Phi) is 2.44. The highest BCUT2D eigenvalue weighted by atomic mass is 19.3. The molecule has 0 bridgehead atoms. The Balaban J connectivity index is 2.41. The van der Waals surface area contributed by atoms with Gasteiger partial charge in [-0.1, -0.05) is 0 Å². The summed E-state index contributed by atoms with van der Waals surface area (Å²) in [6.07, 6.45) is -1.10. The minimum Gasteiger partial charge on any atom is -0.394 e. The van der Waals surface area contributed by atoms with Crippen LogP contribution in [0.4, 0.5) is 8.78 Å². The first kappa shape index (κ1) is 8.87. The fraction of sp³-hybridized carbons (Fsp3) is 1.00. The highest BCUT2D eigenvalue weighted by Gasteiger charge is 2.41. The third-order valence-electron chi connectivity index (χ3n) is 2.17. The SMILES string of the molecule is OCC(O)C1CCC(F)(F)C1. The van der Waals surface area contributed by atoms with Crippen LogP contribution in [0.2, 0.25) is 0 Å². The van der Waals surface area contributed by atoms with E-state index in [1.54, 1.807) is 0 Å². The van der Waals surface area contributed by atoms with Crippen LogP contribution in [0.5, 0.6) is 0 Å². The lowest BCUT2D eigenvalue weighted by Crippen LogP contribution is -2.23. The summed E-state index contributed by atoms with van der Waals surface area (Å²) in [6, 6.07) is 0. The average molecular weight is 166 g/mol. The highest BCUT2D eigenvalue weighted by molar-refractivity contribution is 4.84. The third kappa shape index (κ3) is 2.10. The van der Waals surface area contributed by atoms with Crippen LogP contribution >= 0.6 is 0 Å². The van der Waals surface area contributed by atoms with Crippen LogP contribution < -0.4 is 0 Å². The average Bonchev–Trinajstić information content (AvgIpc) is 2.29. The number of aliphatic hydroxyl groups excluding tert-OH is 2. The molecule has 66 valence electrons. The van der Waals surface area contributed by atoms with Crippen LogP contribution in [-0.4, -0.2) is 28.8 Å². The number of halogens is 2. The van der Waals surface area contributed by atoms with E-state index < -0.39 is 24.6 Å². The molecular weight excluding hydrogens is 154 g/mol. The van der Waals surface area contributed by atoms with Crippen molar-refractivity contribution < 1.29 is 19.0 Å². The molecular formula is C7H12F2O2. The molecule has 4 heteroatoms. The normalized spacial score (nSPS) is 32.2. The van der Waals surface area contributed by atoms with Crippen LogP contribution in [0.15, 0.2) is 0 Å². The molecule has 1 aliphatic rings. The molecule has 0 heterocycles. The Hall–Kier alpha value is -0.220. The van der Waals surface area contributed by atoms with Crippen molar-refractivity contribution >= 4 is 0 Å². The molecule has 0 saturated heterocycles. The number of hydrogen-bond acceptors (Lipinski definition) is 2. The molecule has 0 aromatic carbocycles. The number of alkyl halides is 2. The standard InChI is InChI=1S/C7H12F2O2/c8-7(9)2-1-5(3-7)6(11)4-10/h5-6,10-11H,1-4H2. The minimum atomic E-state index is -2.62. The van der Waals surface area contributed by atoms with E-state index in [1.165, 1.54) is 0 Å². The summed E-state index contributed by atoms with van der Waals surface area (Å²) in [6.45, 7) is -0.416. The number of rotatable bonds is 2. The third-order valence-corrected chi connectivity index (χ3v) is 2.17. The van der Waals surface area contributed by atoms with Crippen molar-refractivity contribution in [3.05, 3.63) is 0 Å². The minimum absolute atomic E-state index is 0.158. The second kappa shape index (κ2) is 3.03. The Labute approximate surface area is 63.8 Å². The van der Waals surface area contributed by atoms with E-state index in [0.29, 0.717) is 6.42 Å². The monoisotopic (exact) mass is 166 g/mol. The summed E-state index contributed by atoms with van der Waals surface area (Å²) in [4.78, 5) is 0. The van der Waals surface area contributed by atoms with E-state index in [4.69, 9.17) is 10.2 Å². The van der Waals surface area contributed by atoms with Crippen molar-refractivity contribution in [2.75, 3.05) is 6.61 Å². The van der Waals surface area contributed by atoms with Gasteiger partial charge in [-0.25, -0.2) is 8.78 Å². The molecule has 1 saturated carbocycles. The lowest BCUT2D eigenvalue weighted by molar-refractivity contribution is -0.0120. The molecule has 2 N–H and O–H groups in total. The second-order valence-corrected chi connectivity index (χ2v) is 3.11. The second-order valence-electron chi connectivity index (χ2n) is 3.11. The van der Waals surface area contributed by atoms with E-state index in [9.17, 15) is 8.78 Å². The molecule has 0 radical (unpaired) electrons. The first-order chi connectivity index (χ1) is 5.05. The molecule has 0 aliphatic heterocycles. The summed E-state index contributed by atoms with van der Waals surface area (Å²) >= 11 is 0. The van der Waals surface area contributed by atoms with E-state index in [1.807, 2.05) is 0 Å². The Morgan fingerprint density at radius 3 is 2.55 bits per heavy atom. The van der Waals surface area contributed by atoms with Crippen LogP contribution in [0.1, 0.15) is 19.3 Å². The van der Waals surface area contributed by atoms with Gasteiger partial charge in [0.05, 0.1) is 12.7 Å². The molecule has 1 rings (SSSR count). The first-order valence-electron chi connectivity index (χ1n) is 3.72. The predicted octanol–water partition coefficient (Wildman–Crippen LogP) is 0.775. The van der Waals surface area contributed by atoms with Crippen LogP contribution in [0.25, 0.3) is 0 Å². The fourth-order valence-electron chi connectivity index (χ4n) is 1.46. The lowest BCUT2D eigenvalue weighted by Gasteiger charge is -2.14. The fourth-order valence-corrected chi connectivity index (χ4v) is 1.46. The summed E-state index contributed by atoms with van der Waals surface area (Å²) in [7, 11) is 0. The number of aliphatic hydroxyl groups is 2. The molecule has 2 atom stereocenters. The maximum atomic E-state index is 12.5. The lowest BCUT2D eigenvalue weighted by atomic mass is 10.0. The van der Waals surface area contributed by atoms with Crippen LogP contribution in [0.3, 0.4) is 0 Å². The van der Waals surface area contributed by atoms with Crippen molar-refractivity contribution in [2.24, 2.45) is 5.92 Å². The summed E-state index contributed by atoms with van der Waals surface area (Å²) in [5.41, 5.74) is 0. The largest absolute Gasteiger partial charge is 0.394 e. The molecule has 0 aromatic rings. The van der Waals surface area contributed by atoms with Gasteiger partial charge in [-0.2, -0.15) is 0 Å². The molecule has 0 aromatic heterocycles. The Morgan fingerprint density at radius 1 is 1.55 bits per heavy atom. The molecule has 1 aliphatic carbocycles. The number of hydrogen-bond donors (Lipinski definition) is 2. The van der Waals surface area contributed by atoms with Crippen molar-refractivity contribution in [1.29, 1.82) is 0 Å². The van der Waals surface area contributed by atoms with Gasteiger partial charge >= 0.3 is 0 Å². The van der Waals surface area contributed by atoms with Gasteiger partial charge in [0.1, 0.15) is 0 Å². The molecule has 0 amide bonds. The van der Waals surface area contributed by atoms with Crippen LogP contribution in [0, 0.1) is 5.92 Å². The van der Waals surface area contributed by atoms with Crippen molar-refractivity contribution in [2.45, 2.75) is 31.3 Å². The van der Waals surface area contributed by atoms with E-state index in [2.05, 4.69) is 0 Å².